The molecule has 8 nitrogen and oxygen atoms in total. The number of nitrogens with zero attached hydrogens (tertiary/aromatic N) is 5. The summed E-state index contributed by atoms with van der Waals surface area (Å²) in [6.45, 7) is 4.67. The minimum Gasteiger partial charge on any atom is -0.378 e. The Labute approximate surface area is 125 Å². The number of aromatic nitrogens is 4. The van der Waals surface area contributed by atoms with Gasteiger partial charge in [0.15, 0.2) is 0 Å². The predicted molar refractivity (Wildman–Crippen MR) is 77.7 cm³/mol. The van der Waals surface area contributed by atoms with E-state index in [1.165, 1.54) is 17.7 Å². The minimum absolute atomic E-state index is 0.305. The quantitative estimate of drug-likeness (QED) is 0.893. The van der Waals surface area contributed by atoms with Gasteiger partial charge >= 0.3 is 0 Å². The third kappa shape index (κ3) is 3.31. The Balaban J connectivity index is 1.74. The van der Waals surface area contributed by atoms with Gasteiger partial charge in [0.25, 0.3) is 5.91 Å². The molecule has 0 spiro atoms. The molecular formula is C12H14N6O2S. The van der Waals surface area contributed by atoms with Crippen LogP contribution in [0.5, 0.6) is 0 Å². The molecule has 110 valence electrons. The summed E-state index contributed by atoms with van der Waals surface area (Å²) in [6, 6.07) is 1.68. The van der Waals surface area contributed by atoms with Crippen molar-refractivity contribution in [3.05, 3.63) is 23.1 Å². The van der Waals surface area contributed by atoms with E-state index in [9.17, 15) is 4.79 Å². The van der Waals surface area contributed by atoms with E-state index in [-0.39, 0.29) is 5.91 Å². The molecule has 1 aliphatic heterocycles. The van der Waals surface area contributed by atoms with E-state index >= 15 is 0 Å². The second-order valence-electron chi connectivity index (χ2n) is 4.44. The van der Waals surface area contributed by atoms with Gasteiger partial charge in [0, 0.05) is 19.2 Å². The third-order valence-corrected chi connectivity index (χ3v) is 3.72. The van der Waals surface area contributed by atoms with Crippen LogP contribution in [0.1, 0.15) is 15.5 Å². The maximum Gasteiger partial charge on any atom is 0.276 e. The smallest absolute Gasteiger partial charge is 0.276 e. The average molecular weight is 306 g/mol. The van der Waals surface area contributed by atoms with Crippen LogP contribution in [0.25, 0.3) is 0 Å². The maximum absolute atomic E-state index is 12.2. The summed E-state index contributed by atoms with van der Waals surface area (Å²) < 4.78 is 5.30. The molecule has 3 rings (SSSR count). The van der Waals surface area contributed by atoms with Crippen LogP contribution in [0.4, 0.5) is 10.9 Å². The molecule has 1 N–H and O–H groups in total. The monoisotopic (exact) mass is 306 g/mol. The summed E-state index contributed by atoms with van der Waals surface area (Å²) in [5, 5.41) is 11.7. The summed E-state index contributed by atoms with van der Waals surface area (Å²) in [6.07, 6.45) is 1.39. The number of hydrogen-bond donors (Lipinski definition) is 1. The topological polar surface area (TPSA) is 93.1 Å². The first-order valence-corrected chi connectivity index (χ1v) is 7.30. The Hall–Kier alpha value is -2.13. The van der Waals surface area contributed by atoms with Gasteiger partial charge in [0.1, 0.15) is 22.8 Å². The molecular weight excluding hydrogens is 292 g/mol. The van der Waals surface area contributed by atoms with Crippen LogP contribution >= 0.6 is 11.3 Å². The summed E-state index contributed by atoms with van der Waals surface area (Å²) in [7, 11) is 0. The second-order valence-corrected chi connectivity index (χ2v) is 5.62. The molecule has 1 fully saturated rings. The number of amides is 1. The zero-order chi connectivity index (χ0) is 14.7. The highest BCUT2D eigenvalue weighted by Crippen LogP contribution is 2.16. The molecule has 0 aromatic carbocycles. The zero-order valence-electron chi connectivity index (χ0n) is 11.4. The number of carbonyl (C=O) groups excluding carboxylic acids is 1. The molecule has 1 saturated heterocycles. The lowest BCUT2D eigenvalue weighted by molar-refractivity contribution is 0.102. The van der Waals surface area contributed by atoms with Crippen molar-refractivity contribution < 1.29 is 9.53 Å². The molecule has 0 atom stereocenters. The number of hydrogen-bond acceptors (Lipinski definition) is 8. The van der Waals surface area contributed by atoms with E-state index in [2.05, 4.69) is 30.4 Å². The van der Waals surface area contributed by atoms with Crippen molar-refractivity contribution >= 4 is 28.2 Å². The fourth-order valence-corrected chi connectivity index (χ4v) is 2.53. The first-order valence-electron chi connectivity index (χ1n) is 6.48. The van der Waals surface area contributed by atoms with Crippen molar-refractivity contribution in [1.29, 1.82) is 0 Å². The van der Waals surface area contributed by atoms with Gasteiger partial charge in [-0.2, -0.15) is 0 Å². The lowest BCUT2D eigenvalue weighted by Gasteiger charge is -2.27. The molecule has 0 aliphatic carbocycles. The summed E-state index contributed by atoms with van der Waals surface area (Å²) in [4.78, 5) is 22.4. The first-order chi connectivity index (χ1) is 10.2. The van der Waals surface area contributed by atoms with Crippen molar-refractivity contribution in [2.75, 3.05) is 36.5 Å². The van der Waals surface area contributed by atoms with Crippen molar-refractivity contribution in [3.63, 3.8) is 0 Å². The van der Waals surface area contributed by atoms with Gasteiger partial charge in [-0.25, -0.2) is 9.97 Å². The molecule has 1 aliphatic rings. The van der Waals surface area contributed by atoms with Crippen molar-refractivity contribution in [2.45, 2.75) is 6.92 Å². The van der Waals surface area contributed by atoms with Gasteiger partial charge in [0.05, 0.1) is 13.2 Å². The fraction of sp³-hybridized carbons (Fsp3) is 0.417. The minimum atomic E-state index is -0.317. The summed E-state index contributed by atoms with van der Waals surface area (Å²) >= 11 is 1.32. The van der Waals surface area contributed by atoms with Gasteiger partial charge in [-0.15, -0.1) is 10.2 Å². The van der Waals surface area contributed by atoms with Crippen LogP contribution in [0, 0.1) is 6.92 Å². The molecule has 0 bridgehead atoms. The van der Waals surface area contributed by atoms with E-state index in [1.807, 2.05) is 6.92 Å². The van der Waals surface area contributed by atoms with Crippen LogP contribution in [0.2, 0.25) is 0 Å². The Bertz CT molecular complexity index is 640. The van der Waals surface area contributed by atoms with Gasteiger partial charge in [-0.1, -0.05) is 11.3 Å². The molecule has 0 unspecified atom stereocenters. The van der Waals surface area contributed by atoms with Crippen LogP contribution in [-0.2, 0) is 4.74 Å². The van der Waals surface area contributed by atoms with Gasteiger partial charge in [-0.3, -0.25) is 10.1 Å². The number of carbonyl (C=O) groups is 1. The first kappa shape index (κ1) is 13.8. The number of morpholine rings is 1. The maximum atomic E-state index is 12.2. The van der Waals surface area contributed by atoms with Crippen LogP contribution in [0.15, 0.2) is 12.4 Å². The molecule has 3 heterocycles. The Morgan fingerprint density at radius 1 is 1.33 bits per heavy atom. The molecule has 2 aromatic rings. The van der Waals surface area contributed by atoms with Gasteiger partial charge in [0.2, 0.25) is 5.13 Å². The molecule has 0 radical (unpaired) electrons. The SMILES string of the molecule is Cc1nnc(NC(=O)c2cc(N3CCOCC3)ncn2)s1. The third-order valence-electron chi connectivity index (χ3n) is 2.97. The lowest BCUT2D eigenvalue weighted by atomic mass is 10.3. The van der Waals surface area contributed by atoms with E-state index < -0.39 is 0 Å². The van der Waals surface area contributed by atoms with Gasteiger partial charge < -0.3 is 9.64 Å². The van der Waals surface area contributed by atoms with Crippen LogP contribution < -0.4 is 10.2 Å². The lowest BCUT2D eigenvalue weighted by Crippen LogP contribution is -2.37. The number of aryl methyl sites for hydroxylation is 1. The van der Waals surface area contributed by atoms with E-state index in [0.717, 1.165) is 23.9 Å². The highest BCUT2D eigenvalue weighted by Gasteiger charge is 2.16. The largest absolute Gasteiger partial charge is 0.378 e. The van der Waals surface area contributed by atoms with Crippen molar-refractivity contribution in [1.82, 2.24) is 20.2 Å². The molecule has 9 heteroatoms. The molecule has 21 heavy (non-hydrogen) atoms. The predicted octanol–water partition coefficient (Wildman–Crippen LogP) is 0.725. The van der Waals surface area contributed by atoms with Crippen LogP contribution in [0.3, 0.4) is 0 Å². The molecule has 2 aromatic heterocycles. The van der Waals surface area contributed by atoms with Crippen molar-refractivity contribution in [3.8, 4) is 0 Å². The van der Waals surface area contributed by atoms with Crippen molar-refractivity contribution in [2.24, 2.45) is 0 Å². The highest BCUT2D eigenvalue weighted by molar-refractivity contribution is 7.15. The summed E-state index contributed by atoms with van der Waals surface area (Å²) in [5.74, 6) is 0.412. The van der Waals surface area contributed by atoms with E-state index in [0.29, 0.717) is 24.0 Å². The normalized spacial score (nSPS) is 15.0. The zero-order valence-corrected chi connectivity index (χ0v) is 12.3. The number of rotatable bonds is 3. The molecule has 0 saturated carbocycles. The van der Waals surface area contributed by atoms with Gasteiger partial charge in [-0.05, 0) is 6.92 Å². The fourth-order valence-electron chi connectivity index (χ4n) is 1.94. The number of nitrogens with one attached hydrogen (secondary N) is 1. The summed E-state index contributed by atoms with van der Waals surface area (Å²) in [5.41, 5.74) is 0.305. The average Bonchev–Trinajstić information content (AvgIpc) is 2.93. The number of ether oxygens (including phenoxy) is 1. The standard InChI is InChI=1S/C12H14N6O2S/c1-8-16-17-12(21-8)15-11(19)9-6-10(14-7-13-9)18-2-4-20-5-3-18/h6-7H,2-5H2,1H3,(H,15,17,19). The Morgan fingerprint density at radius 3 is 2.86 bits per heavy atom. The van der Waals surface area contributed by atoms with E-state index in [4.69, 9.17) is 4.74 Å². The van der Waals surface area contributed by atoms with Crippen LogP contribution in [-0.4, -0.2) is 52.4 Å². The number of anilines is 2. The Morgan fingerprint density at radius 2 is 2.14 bits per heavy atom. The molecule has 1 amide bonds. The second kappa shape index (κ2) is 6.10. The van der Waals surface area contributed by atoms with E-state index in [1.54, 1.807) is 6.07 Å². The Kier molecular flexibility index (Phi) is 4.02. The highest BCUT2D eigenvalue weighted by atomic mass is 32.1.